The summed E-state index contributed by atoms with van der Waals surface area (Å²) in [6.07, 6.45) is -0.899. The maximum Gasteiger partial charge on any atom is 0.335 e. The first-order valence-electron chi connectivity index (χ1n) is 8.37. The van der Waals surface area contributed by atoms with Crippen molar-refractivity contribution in [1.29, 1.82) is 0 Å². The number of urea groups is 1. The Kier molecular flexibility index (Phi) is 7.70. The van der Waals surface area contributed by atoms with Gasteiger partial charge in [-0.25, -0.2) is 17.9 Å². The highest BCUT2D eigenvalue weighted by atomic mass is 32.2. The van der Waals surface area contributed by atoms with Crippen LogP contribution in [0.1, 0.15) is 18.1 Å². The SMILES string of the molecule is COCCC(O)c1ccccc1S(=O)(=O)NC(=O)Nc1nc(OC)cc(OC)n1. The van der Waals surface area contributed by atoms with Gasteiger partial charge in [-0.05, 0) is 6.07 Å². The van der Waals surface area contributed by atoms with Crippen LogP contribution in [0.3, 0.4) is 0 Å². The molecule has 0 bridgehead atoms. The molecule has 1 heterocycles. The molecule has 0 aliphatic heterocycles. The van der Waals surface area contributed by atoms with E-state index in [4.69, 9.17) is 14.2 Å². The second-order valence-electron chi connectivity index (χ2n) is 5.67. The number of aromatic nitrogens is 2. The first-order chi connectivity index (χ1) is 13.8. The number of aliphatic hydroxyl groups is 1. The standard InChI is InChI=1S/C17H22N4O7S/c1-26-9-8-12(22)11-6-4-5-7-13(11)29(24,25)21-17(23)20-16-18-14(27-2)10-15(19-16)28-3/h4-7,10,12,22H,8-9H2,1-3H3,(H2,18,19,20,21,23). The zero-order valence-electron chi connectivity index (χ0n) is 16.1. The van der Waals surface area contributed by atoms with Crippen LogP contribution in [0.15, 0.2) is 35.2 Å². The number of carbonyl (C=O) groups excluding carboxylic acids is 1. The molecule has 1 aromatic heterocycles. The van der Waals surface area contributed by atoms with Crippen LogP contribution in [0.25, 0.3) is 0 Å². The number of carbonyl (C=O) groups is 1. The van der Waals surface area contributed by atoms with Crippen molar-refractivity contribution in [1.82, 2.24) is 14.7 Å². The van der Waals surface area contributed by atoms with Gasteiger partial charge in [-0.3, -0.25) is 5.32 Å². The van der Waals surface area contributed by atoms with Gasteiger partial charge in [0.15, 0.2) is 0 Å². The molecule has 0 fully saturated rings. The number of nitrogens with zero attached hydrogens (tertiary/aromatic N) is 2. The van der Waals surface area contributed by atoms with Crippen LogP contribution in [-0.4, -0.2) is 57.5 Å². The van der Waals surface area contributed by atoms with Crippen molar-refractivity contribution in [3.05, 3.63) is 35.9 Å². The second kappa shape index (κ2) is 10.0. The molecule has 1 aromatic carbocycles. The van der Waals surface area contributed by atoms with Crippen molar-refractivity contribution in [2.24, 2.45) is 0 Å². The van der Waals surface area contributed by atoms with E-state index in [1.54, 1.807) is 6.07 Å². The van der Waals surface area contributed by atoms with Gasteiger partial charge in [0.05, 0.1) is 31.3 Å². The fourth-order valence-electron chi connectivity index (χ4n) is 2.36. The van der Waals surface area contributed by atoms with E-state index in [0.717, 1.165) is 0 Å². The quantitative estimate of drug-likeness (QED) is 0.535. The average Bonchev–Trinajstić information content (AvgIpc) is 2.71. The van der Waals surface area contributed by atoms with Crippen LogP contribution in [0.4, 0.5) is 10.7 Å². The van der Waals surface area contributed by atoms with Crippen molar-refractivity contribution in [2.45, 2.75) is 17.4 Å². The number of nitrogens with one attached hydrogen (secondary N) is 2. The molecule has 0 spiro atoms. The van der Waals surface area contributed by atoms with Crippen LogP contribution in [-0.2, 0) is 14.8 Å². The van der Waals surface area contributed by atoms with Crippen LogP contribution in [0.5, 0.6) is 11.8 Å². The van der Waals surface area contributed by atoms with E-state index >= 15 is 0 Å². The summed E-state index contributed by atoms with van der Waals surface area (Å²) in [5.41, 5.74) is 0.143. The van der Waals surface area contributed by atoms with Gasteiger partial charge in [-0.15, -0.1) is 0 Å². The summed E-state index contributed by atoms with van der Waals surface area (Å²) < 4.78 is 42.0. The number of methoxy groups -OCH3 is 3. The van der Waals surface area contributed by atoms with Gasteiger partial charge in [0.2, 0.25) is 17.7 Å². The molecular formula is C17H22N4O7S. The lowest BCUT2D eigenvalue weighted by Gasteiger charge is -2.16. The lowest BCUT2D eigenvalue weighted by molar-refractivity contribution is 0.109. The van der Waals surface area contributed by atoms with Crippen LogP contribution >= 0.6 is 0 Å². The van der Waals surface area contributed by atoms with E-state index in [1.807, 2.05) is 4.72 Å². The van der Waals surface area contributed by atoms with Crippen molar-refractivity contribution in [3.63, 3.8) is 0 Å². The number of anilines is 1. The van der Waals surface area contributed by atoms with Crippen LogP contribution < -0.4 is 19.5 Å². The molecular weight excluding hydrogens is 404 g/mol. The highest BCUT2D eigenvalue weighted by Crippen LogP contribution is 2.25. The smallest absolute Gasteiger partial charge is 0.335 e. The fourth-order valence-corrected chi connectivity index (χ4v) is 3.54. The molecule has 11 nitrogen and oxygen atoms in total. The molecule has 2 rings (SSSR count). The predicted octanol–water partition coefficient (Wildman–Crippen LogP) is 1.07. The molecule has 12 heteroatoms. The van der Waals surface area contributed by atoms with E-state index < -0.39 is 22.2 Å². The molecule has 2 amide bonds. The number of benzene rings is 1. The Morgan fingerprint density at radius 1 is 1.14 bits per heavy atom. The van der Waals surface area contributed by atoms with Gasteiger partial charge in [-0.1, -0.05) is 18.2 Å². The minimum Gasteiger partial charge on any atom is -0.481 e. The predicted molar refractivity (Wildman–Crippen MR) is 102 cm³/mol. The van der Waals surface area contributed by atoms with E-state index in [-0.39, 0.29) is 41.2 Å². The van der Waals surface area contributed by atoms with Crippen molar-refractivity contribution < 1.29 is 32.5 Å². The monoisotopic (exact) mass is 426 g/mol. The molecule has 0 aliphatic carbocycles. The summed E-state index contributed by atoms with van der Waals surface area (Å²) in [5.74, 6) is 0.00514. The summed E-state index contributed by atoms with van der Waals surface area (Å²) in [6, 6.07) is 6.10. The summed E-state index contributed by atoms with van der Waals surface area (Å²) in [7, 11) is -0.0975. The van der Waals surface area contributed by atoms with Crippen LogP contribution in [0, 0.1) is 0 Å². The van der Waals surface area contributed by atoms with Gasteiger partial charge < -0.3 is 19.3 Å². The average molecular weight is 426 g/mol. The van der Waals surface area contributed by atoms with Crippen LogP contribution in [0.2, 0.25) is 0 Å². The van der Waals surface area contributed by atoms with Crippen molar-refractivity contribution in [3.8, 4) is 11.8 Å². The topological polar surface area (TPSA) is 149 Å². The lowest BCUT2D eigenvalue weighted by Crippen LogP contribution is -2.35. The highest BCUT2D eigenvalue weighted by Gasteiger charge is 2.24. The Hall–Kier alpha value is -2.96. The third-order valence-corrected chi connectivity index (χ3v) is 5.12. The normalized spacial score (nSPS) is 12.1. The molecule has 2 aromatic rings. The Balaban J connectivity index is 2.21. The third kappa shape index (κ3) is 6.01. The molecule has 0 radical (unpaired) electrons. The van der Waals surface area contributed by atoms with E-state index in [1.165, 1.54) is 45.6 Å². The van der Waals surface area contributed by atoms with E-state index in [2.05, 4.69) is 15.3 Å². The molecule has 1 unspecified atom stereocenters. The Morgan fingerprint density at radius 3 is 2.34 bits per heavy atom. The number of ether oxygens (including phenoxy) is 3. The molecule has 0 aliphatic rings. The molecule has 29 heavy (non-hydrogen) atoms. The van der Waals surface area contributed by atoms with Gasteiger partial charge in [-0.2, -0.15) is 9.97 Å². The Bertz CT molecular complexity index is 930. The highest BCUT2D eigenvalue weighted by molar-refractivity contribution is 7.90. The van der Waals surface area contributed by atoms with E-state index in [0.29, 0.717) is 0 Å². The number of hydrogen-bond donors (Lipinski definition) is 3. The number of sulfonamides is 1. The molecule has 158 valence electrons. The zero-order chi connectivity index (χ0) is 21.4. The largest absolute Gasteiger partial charge is 0.481 e. The maximum atomic E-state index is 12.7. The number of amides is 2. The molecule has 3 N–H and O–H groups in total. The second-order valence-corrected chi connectivity index (χ2v) is 7.32. The maximum absolute atomic E-state index is 12.7. The zero-order valence-corrected chi connectivity index (χ0v) is 16.9. The molecule has 1 atom stereocenters. The summed E-state index contributed by atoms with van der Waals surface area (Å²) in [5, 5.41) is 12.5. The van der Waals surface area contributed by atoms with Crippen molar-refractivity contribution in [2.75, 3.05) is 33.3 Å². The van der Waals surface area contributed by atoms with Gasteiger partial charge in [0, 0.05) is 25.7 Å². The third-order valence-electron chi connectivity index (χ3n) is 3.71. The number of rotatable bonds is 9. The van der Waals surface area contributed by atoms with Gasteiger partial charge in [0.25, 0.3) is 10.0 Å². The van der Waals surface area contributed by atoms with Gasteiger partial charge >= 0.3 is 6.03 Å². The number of aliphatic hydroxyl groups excluding tert-OH is 1. The summed E-state index contributed by atoms with van der Waals surface area (Å²) in [4.78, 5) is 19.8. The minimum absolute atomic E-state index is 0.113. The summed E-state index contributed by atoms with van der Waals surface area (Å²) in [6.45, 7) is 0.235. The first-order valence-corrected chi connectivity index (χ1v) is 9.85. The Labute approximate surface area is 168 Å². The van der Waals surface area contributed by atoms with E-state index in [9.17, 15) is 18.3 Å². The van der Waals surface area contributed by atoms with Gasteiger partial charge in [0.1, 0.15) is 0 Å². The minimum atomic E-state index is -4.29. The lowest BCUT2D eigenvalue weighted by atomic mass is 10.1. The number of hydrogen-bond acceptors (Lipinski definition) is 9. The summed E-state index contributed by atoms with van der Waals surface area (Å²) >= 11 is 0. The fraction of sp³-hybridized carbons (Fsp3) is 0.353. The van der Waals surface area contributed by atoms with Crippen molar-refractivity contribution >= 4 is 22.0 Å². The Morgan fingerprint density at radius 2 is 1.76 bits per heavy atom. The molecule has 0 saturated carbocycles. The first kappa shape index (κ1) is 22.3. The molecule has 0 saturated heterocycles.